The number of halogens is 1. The average molecular weight is 384 g/mol. The van der Waals surface area contributed by atoms with E-state index in [1.54, 1.807) is 0 Å². The molecule has 0 spiro atoms. The highest BCUT2D eigenvalue weighted by molar-refractivity contribution is 7.71. The van der Waals surface area contributed by atoms with Crippen LogP contribution in [0.5, 0.6) is 5.88 Å². The van der Waals surface area contributed by atoms with E-state index < -0.39 is 23.2 Å². The molecule has 3 rings (SSSR count). The first-order chi connectivity index (χ1) is 12.9. The fraction of sp³-hybridized carbons (Fsp3) is 0. The molecule has 0 fully saturated rings. The van der Waals surface area contributed by atoms with Crippen LogP contribution in [-0.4, -0.2) is 26.8 Å². The molecule has 0 unspecified atom stereocenters. The van der Waals surface area contributed by atoms with E-state index in [9.17, 15) is 19.1 Å². The second kappa shape index (κ2) is 7.34. The number of rotatable bonds is 4. The van der Waals surface area contributed by atoms with Crippen molar-refractivity contribution in [2.75, 3.05) is 0 Å². The number of carbonyl (C=O) groups is 1. The SMILES string of the molecule is NC(=O)c1ccc(N=Cc2c(O)n(-c3ccc(F)cc3)c(=S)[nH]c2=O)cc1. The van der Waals surface area contributed by atoms with Crippen molar-refractivity contribution in [2.45, 2.75) is 0 Å². The maximum absolute atomic E-state index is 13.1. The van der Waals surface area contributed by atoms with E-state index in [1.165, 1.54) is 59.3 Å². The molecule has 0 saturated carbocycles. The van der Waals surface area contributed by atoms with Crippen molar-refractivity contribution in [3.63, 3.8) is 0 Å². The smallest absolute Gasteiger partial charge is 0.264 e. The van der Waals surface area contributed by atoms with Gasteiger partial charge in [0.2, 0.25) is 11.8 Å². The Balaban J connectivity index is 2.04. The maximum atomic E-state index is 13.1. The summed E-state index contributed by atoms with van der Waals surface area (Å²) in [5, 5.41) is 10.5. The number of aliphatic imine (C=N–C) groups is 1. The third-order valence-electron chi connectivity index (χ3n) is 3.70. The van der Waals surface area contributed by atoms with E-state index in [0.29, 0.717) is 16.9 Å². The van der Waals surface area contributed by atoms with Crippen LogP contribution in [0.4, 0.5) is 10.1 Å². The van der Waals surface area contributed by atoms with Crippen LogP contribution in [-0.2, 0) is 0 Å². The number of hydrogen-bond donors (Lipinski definition) is 3. The largest absolute Gasteiger partial charge is 0.494 e. The molecular weight excluding hydrogens is 371 g/mol. The molecule has 9 heteroatoms. The fourth-order valence-corrected chi connectivity index (χ4v) is 2.62. The highest BCUT2D eigenvalue weighted by Crippen LogP contribution is 2.20. The van der Waals surface area contributed by atoms with Gasteiger partial charge in [-0.25, -0.2) is 4.39 Å². The van der Waals surface area contributed by atoms with Crippen LogP contribution in [0.15, 0.2) is 58.3 Å². The molecule has 0 saturated heterocycles. The Morgan fingerprint density at radius 3 is 2.41 bits per heavy atom. The van der Waals surface area contributed by atoms with E-state index in [1.807, 2.05) is 0 Å². The number of aromatic nitrogens is 2. The van der Waals surface area contributed by atoms with Gasteiger partial charge in [0.05, 0.1) is 11.4 Å². The predicted octanol–water partition coefficient (Wildman–Crippen LogP) is 2.59. The van der Waals surface area contributed by atoms with E-state index in [2.05, 4.69) is 9.98 Å². The molecule has 2 aromatic carbocycles. The second-order valence-electron chi connectivity index (χ2n) is 5.48. The Kier molecular flexibility index (Phi) is 4.95. The highest BCUT2D eigenvalue weighted by atomic mass is 32.1. The minimum atomic E-state index is -0.631. The number of aromatic hydroxyl groups is 1. The quantitative estimate of drug-likeness (QED) is 0.474. The highest BCUT2D eigenvalue weighted by Gasteiger charge is 2.12. The van der Waals surface area contributed by atoms with Crippen LogP contribution in [0.25, 0.3) is 5.69 Å². The van der Waals surface area contributed by atoms with Gasteiger partial charge < -0.3 is 10.8 Å². The molecule has 1 amide bonds. The van der Waals surface area contributed by atoms with Gasteiger partial charge >= 0.3 is 0 Å². The topological polar surface area (TPSA) is 113 Å². The number of carbonyl (C=O) groups excluding carboxylic acids is 1. The molecule has 0 bridgehead atoms. The van der Waals surface area contributed by atoms with Gasteiger partial charge in [0.1, 0.15) is 11.4 Å². The number of aromatic amines is 1. The molecule has 0 atom stereocenters. The number of hydrogen-bond acceptors (Lipinski definition) is 5. The summed E-state index contributed by atoms with van der Waals surface area (Å²) in [4.78, 5) is 29.8. The number of H-pyrrole nitrogens is 1. The molecule has 1 heterocycles. The Morgan fingerprint density at radius 1 is 1.19 bits per heavy atom. The summed E-state index contributed by atoms with van der Waals surface area (Å²) in [6.07, 6.45) is 1.17. The molecule has 27 heavy (non-hydrogen) atoms. The van der Waals surface area contributed by atoms with Crippen molar-refractivity contribution in [2.24, 2.45) is 10.7 Å². The molecule has 7 nitrogen and oxygen atoms in total. The number of amides is 1. The standard InChI is InChI=1S/C18H13FN4O3S/c19-11-3-7-13(8-4-11)23-17(26)14(16(25)22-18(23)27)9-21-12-5-1-10(2-6-12)15(20)24/h1-9,26H,(H2,20,24)(H,22,25,27). The number of nitrogens with one attached hydrogen (secondary N) is 1. The maximum Gasteiger partial charge on any atom is 0.264 e. The van der Waals surface area contributed by atoms with E-state index in [-0.39, 0.29) is 10.3 Å². The van der Waals surface area contributed by atoms with Gasteiger partial charge in [-0.05, 0) is 60.7 Å². The first-order valence-corrected chi connectivity index (χ1v) is 8.06. The van der Waals surface area contributed by atoms with Crippen LogP contribution >= 0.6 is 12.2 Å². The van der Waals surface area contributed by atoms with Crippen LogP contribution in [0.1, 0.15) is 15.9 Å². The van der Waals surface area contributed by atoms with Crippen molar-refractivity contribution in [1.29, 1.82) is 0 Å². The van der Waals surface area contributed by atoms with E-state index in [4.69, 9.17) is 18.0 Å². The van der Waals surface area contributed by atoms with Crippen LogP contribution in [0, 0.1) is 10.6 Å². The fourth-order valence-electron chi connectivity index (χ4n) is 2.34. The lowest BCUT2D eigenvalue weighted by Crippen LogP contribution is -2.18. The normalized spacial score (nSPS) is 11.0. The summed E-state index contributed by atoms with van der Waals surface area (Å²) in [7, 11) is 0. The van der Waals surface area contributed by atoms with Gasteiger partial charge in [-0.3, -0.25) is 24.1 Å². The Labute approximate surface area is 157 Å². The van der Waals surface area contributed by atoms with Crippen LogP contribution < -0.4 is 11.3 Å². The molecule has 4 N–H and O–H groups in total. The number of benzene rings is 2. The minimum Gasteiger partial charge on any atom is -0.494 e. The predicted molar refractivity (Wildman–Crippen MR) is 101 cm³/mol. The average Bonchev–Trinajstić information content (AvgIpc) is 2.63. The van der Waals surface area contributed by atoms with Crippen molar-refractivity contribution in [3.8, 4) is 11.6 Å². The monoisotopic (exact) mass is 384 g/mol. The number of primary amides is 1. The summed E-state index contributed by atoms with van der Waals surface area (Å²) < 4.78 is 14.3. The van der Waals surface area contributed by atoms with Crippen molar-refractivity contribution < 1.29 is 14.3 Å². The summed E-state index contributed by atoms with van der Waals surface area (Å²) >= 11 is 5.08. The summed E-state index contributed by atoms with van der Waals surface area (Å²) in [5.41, 5.74) is 5.54. The summed E-state index contributed by atoms with van der Waals surface area (Å²) in [6.45, 7) is 0. The lowest BCUT2D eigenvalue weighted by molar-refractivity contribution is 0.100. The third-order valence-corrected chi connectivity index (χ3v) is 3.98. The zero-order chi connectivity index (χ0) is 19.6. The molecule has 0 aliphatic rings. The van der Waals surface area contributed by atoms with E-state index in [0.717, 1.165) is 0 Å². The zero-order valence-electron chi connectivity index (χ0n) is 13.7. The molecule has 0 aliphatic heterocycles. The van der Waals surface area contributed by atoms with Crippen molar-refractivity contribution in [1.82, 2.24) is 9.55 Å². The van der Waals surface area contributed by atoms with Gasteiger partial charge in [0, 0.05) is 11.8 Å². The Bertz CT molecular complexity index is 1150. The van der Waals surface area contributed by atoms with Gasteiger partial charge in [0.15, 0.2) is 4.77 Å². The lowest BCUT2D eigenvalue weighted by Gasteiger charge is -2.11. The Hall–Kier alpha value is -3.59. The van der Waals surface area contributed by atoms with Gasteiger partial charge in [0.25, 0.3) is 5.56 Å². The summed E-state index contributed by atoms with van der Waals surface area (Å²) in [6, 6.07) is 11.3. The van der Waals surface area contributed by atoms with Crippen molar-refractivity contribution in [3.05, 3.63) is 80.6 Å². The van der Waals surface area contributed by atoms with Crippen LogP contribution in [0.2, 0.25) is 0 Å². The van der Waals surface area contributed by atoms with E-state index >= 15 is 0 Å². The van der Waals surface area contributed by atoms with Gasteiger partial charge in [-0.15, -0.1) is 0 Å². The first-order valence-electron chi connectivity index (χ1n) is 7.65. The van der Waals surface area contributed by atoms with Crippen molar-refractivity contribution >= 4 is 30.0 Å². The molecule has 0 radical (unpaired) electrons. The molecular formula is C18H13FN4O3S. The minimum absolute atomic E-state index is 0.0490. The first kappa shape index (κ1) is 18.2. The third kappa shape index (κ3) is 3.82. The number of nitrogens with two attached hydrogens (primary N) is 1. The zero-order valence-corrected chi connectivity index (χ0v) is 14.5. The Morgan fingerprint density at radius 2 is 1.81 bits per heavy atom. The molecule has 3 aromatic rings. The van der Waals surface area contributed by atoms with Gasteiger partial charge in [-0.1, -0.05) is 0 Å². The lowest BCUT2D eigenvalue weighted by atomic mass is 10.2. The molecule has 136 valence electrons. The van der Waals surface area contributed by atoms with Crippen LogP contribution in [0.3, 0.4) is 0 Å². The molecule has 0 aliphatic carbocycles. The molecule has 1 aromatic heterocycles. The summed E-state index contributed by atoms with van der Waals surface area (Å²) in [5.74, 6) is -1.45. The number of nitrogens with zero attached hydrogens (tertiary/aromatic N) is 2. The van der Waals surface area contributed by atoms with Gasteiger partial charge in [-0.2, -0.15) is 0 Å². The second-order valence-corrected chi connectivity index (χ2v) is 5.86.